The predicted octanol–water partition coefficient (Wildman–Crippen LogP) is -7.01. The first-order valence-electron chi connectivity index (χ1n) is 5.82. The van der Waals surface area contributed by atoms with Gasteiger partial charge in [-0.2, -0.15) is 0 Å². The molecule has 1 aromatic carbocycles. The average Bonchev–Trinajstić information content (AvgIpc) is 2.21. The van der Waals surface area contributed by atoms with Crippen molar-refractivity contribution in [2.75, 3.05) is 0 Å². The molecule has 0 fully saturated rings. The van der Waals surface area contributed by atoms with Crippen molar-refractivity contribution < 1.29 is 71.3 Å². The molecule has 0 atom stereocenters. The van der Waals surface area contributed by atoms with Crippen molar-refractivity contribution in [3.05, 3.63) is 35.9 Å². The monoisotopic (exact) mass is 380 g/mol. The SMILES string of the molecule is CCCCCCC.Cc1ccccc1.[Cl-].[Cl-].[Cl-].[Cl-].[Ti+4]. The van der Waals surface area contributed by atoms with Gasteiger partial charge in [0.05, 0.1) is 0 Å². The molecule has 0 aliphatic heterocycles. The number of aryl methyl sites for hydroxylation is 1. The molecule has 0 spiro atoms. The van der Waals surface area contributed by atoms with Crippen molar-refractivity contribution in [1.29, 1.82) is 0 Å². The van der Waals surface area contributed by atoms with Crippen LogP contribution in [0.3, 0.4) is 0 Å². The van der Waals surface area contributed by atoms with Crippen LogP contribution in [0.4, 0.5) is 0 Å². The van der Waals surface area contributed by atoms with Crippen molar-refractivity contribution in [2.24, 2.45) is 0 Å². The maximum absolute atomic E-state index is 2.25. The smallest absolute Gasteiger partial charge is 1.00 e. The second-order valence-corrected chi connectivity index (χ2v) is 3.72. The second kappa shape index (κ2) is 31.5. The van der Waals surface area contributed by atoms with Crippen LogP contribution in [0.25, 0.3) is 0 Å². The number of unbranched alkanes of at least 4 members (excludes halogenated alkanes) is 4. The molecule has 0 bridgehead atoms. The van der Waals surface area contributed by atoms with Gasteiger partial charge in [-0.1, -0.05) is 81.8 Å². The third-order valence-electron chi connectivity index (χ3n) is 2.15. The van der Waals surface area contributed by atoms with E-state index in [0.717, 1.165) is 0 Å². The fourth-order valence-electron chi connectivity index (χ4n) is 1.21. The molecule has 0 aliphatic carbocycles. The van der Waals surface area contributed by atoms with E-state index in [2.05, 4.69) is 32.9 Å². The third-order valence-corrected chi connectivity index (χ3v) is 2.15. The van der Waals surface area contributed by atoms with Gasteiger partial charge in [-0.25, -0.2) is 0 Å². The quantitative estimate of drug-likeness (QED) is 0.359. The van der Waals surface area contributed by atoms with E-state index >= 15 is 0 Å². The Morgan fingerprint density at radius 2 is 1.05 bits per heavy atom. The van der Waals surface area contributed by atoms with Gasteiger partial charge in [0.1, 0.15) is 0 Å². The van der Waals surface area contributed by atoms with Crippen LogP contribution in [0.1, 0.15) is 51.5 Å². The molecule has 1 aromatic rings. The van der Waals surface area contributed by atoms with Gasteiger partial charge in [0.15, 0.2) is 0 Å². The van der Waals surface area contributed by atoms with Gasteiger partial charge in [-0.15, -0.1) is 0 Å². The van der Waals surface area contributed by atoms with Gasteiger partial charge in [-0.05, 0) is 6.92 Å². The number of hydrogen-bond acceptors (Lipinski definition) is 0. The van der Waals surface area contributed by atoms with Crippen LogP contribution in [0.5, 0.6) is 0 Å². The summed E-state index contributed by atoms with van der Waals surface area (Å²) in [7, 11) is 0. The number of benzene rings is 1. The predicted molar refractivity (Wildman–Crippen MR) is 65.6 cm³/mol. The molecule has 0 aliphatic rings. The van der Waals surface area contributed by atoms with Gasteiger partial charge in [0.2, 0.25) is 0 Å². The summed E-state index contributed by atoms with van der Waals surface area (Å²) in [6, 6.07) is 10.3. The minimum Gasteiger partial charge on any atom is -1.00 e. The van der Waals surface area contributed by atoms with E-state index in [9.17, 15) is 0 Å². The van der Waals surface area contributed by atoms with Crippen molar-refractivity contribution in [3.63, 3.8) is 0 Å². The van der Waals surface area contributed by atoms with Gasteiger partial charge >= 0.3 is 21.7 Å². The Morgan fingerprint density at radius 3 is 1.26 bits per heavy atom. The number of rotatable bonds is 4. The fourth-order valence-corrected chi connectivity index (χ4v) is 1.21. The van der Waals surface area contributed by atoms with E-state index in [1.165, 1.54) is 37.7 Å². The summed E-state index contributed by atoms with van der Waals surface area (Å²) in [5.41, 5.74) is 1.32. The molecule has 0 saturated carbocycles. The summed E-state index contributed by atoms with van der Waals surface area (Å²) in [5.74, 6) is 0. The zero-order chi connectivity index (χ0) is 10.6. The van der Waals surface area contributed by atoms with Crippen molar-refractivity contribution in [1.82, 2.24) is 0 Å². The van der Waals surface area contributed by atoms with Crippen LogP contribution in [0, 0.1) is 6.92 Å². The van der Waals surface area contributed by atoms with E-state index in [1.54, 1.807) is 0 Å². The van der Waals surface area contributed by atoms with Gasteiger partial charge < -0.3 is 49.6 Å². The van der Waals surface area contributed by atoms with Gasteiger partial charge in [0, 0.05) is 0 Å². The Hall–Kier alpha value is 1.09. The average molecular weight is 382 g/mol. The first kappa shape index (κ1) is 36.9. The van der Waals surface area contributed by atoms with E-state index in [1.807, 2.05) is 18.2 Å². The van der Waals surface area contributed by atoms with E-state index in [4.69, 9.17) is 0 Å². The van der Waals surface area contributed by atoms with E-state index in [0.29, 0.717) is 0 Å². The van der Waals surface area contributed by atoms with Crippen LogP contribution in [-0.2, 0) is 21.7 Å². The molecule has 0 amide bonds. The first-order chi connectivity index (χ1) is 6.81. The van der Waals surface area contributed by atoms with Crippen LogP contribution < -0.4 is 49.6 Å². The Balaban J connectivity index is -0.0000000352. The molecule has 0 saturated heterocycles. The second-order valence-electron chi connectivity index (χ2n) is 3.72. The summed E-state index contributed by atoms with van der Waals surface area (Å²) < 4.78 is 0. The summed E-state index contributed by atoms with van der Waals surface area (Å²) in [5, 5.41) is 0. The summed E-state index contributed by atoms with van der Waals surface area (Å²) in [6.45, 7) is 6.57. The molecule has 0 aromatic heterocycles. The maximum Gasteiger partial charge on any atom is 4.00 e. The minimum atomic E-state index is 0. The van der Waals surface area contributed by atoms with Crippen LogP contribution in [-0.4, -0.2) is 0 Å². The molecule has 19 heavy (non-hydrogen) atoms. The molecule has 0 N–H and O–H groups in total. The van der Waals surface area contributed by atoms with Crippen LogP contribution >= 0.6 is 0 Å². The summed E-state index contributed by atoms with van der Waals surface area (Å²) in [6.07, 6.45) is 7.01. The van der Waals surface area contributed by atoms with Crippen molar-refractivity contribution in [3.8, 4) is 0 Å². The molecule has 0 unspecified atom stereocenters. The molecule has 0 radical (unpaired) electrons. The Labute approximate surface area is 159 Å². The molecular weight excluding hydrogens is 358 g/mol. The van der Waals surface area contributed by atoms with Gasteiger partial charge in [-0.3, -0.25) is 0 Å². The Morgan fingerprint density at radius 1 is 0.684 bits per heavy atom. The number of hydrogen-bond donors (Lipinski definition) is 0. The summed E-state index contributed by atoms with van der Waals surface area (Å²) >= 11 is 0. The van der Waals surface area contributed by atoms with E-state index < -0.39 is 0 Å². The first-order valence-corrected chi connectivity index (χ1v) is 5.82. The molecule has 0 heterocycles. The Bertz CT molecular complexity index is 204. The topological polar surface area (TPSA) is 0 Å². The molecule has 112 valence electrons. The van der Waals surface area contributed by atoms with Crippen molar-refractivity contribution in [2.45, 2.75) is 52.9 Å². The zero-order valence-corrected chi connectivity index (χ0v) is 16.5. The third kappa shape index (κ3) is 32.5. The van der Waals surface area contributed by atoms with Crippen LogP contribution in [0.15, 0.2) is 30.3 Å². The normalized spacial score (nSPS) is 6.68. The number of halogens is 4. The largest absolute Gasteiger partial charge is 4.00 e. The molecule has 0 nitrogen and oxygen atoms in total. The standard InChI is InChI=1S/C7H8.C7H16.4ClH.Ti/c1-7-5-3-2-4-6-7;1-3-5-7-6-4-2;;;;;/h2-6H,1H3;3-7H2,1-2H3;4*1H;/q;;;;;;+4/p-4. The minimum absolute atomic E-state index is 0. The maximum atomic E-state index is 2.25. The fraction of sp³-hybridized carbons (Fsp3) is 0.571. The summed E-state index contributed by atoms with van der Waals surface area (Å²) in [4.78, 5) is 0. The van der Waals surface area contributed by atoms with Gasteiger partial charge in [0.25, 0.3) is 0 Å². The molecule has 1 rings (SSSR count). The van der Waals surface area contributed by atoms with E-state index in [-0.39, 0.29) is 71.3 Å². The Kier molecular flexibility index (Phi) is 61.1. The van der Waals surface area contributed by atoms with Crippen LogP contribution in [0.2, 0.25) is 0 Å². The zero-order valence-electron chi connectivity index (χ0n) is 11.9. The molecular formula is C14H24Cl4Ti. The molecule has 5 heteroatoms. The van der Waals surface area contributed by atoms with Crippen molar-refractivity contribution >= 4 is 0 Å².